The molecular formula is C25H16N4O. The molecule has 0 aromatic heterocycles. The van der Waals surface area contributed by atoms with Crippen LogP contribution in [0.3, 0.4) is 0 Å². The van der Waals surface area contributed by atoms with Crippen LogP contribution in [0.25, 0.3) is 0 Å². The van der Waals surface area contributed by atoms with Crippen molar-refractivity contribution in [2.24, 2.45) is 20.2 Å². The summed E-state index contributed by atoms with van der Waals surface area (Å²) in [6.45, 7) is 0. The van der Waals surface area contributed by atoms with Gasteiger partial charge in [-0.15, -0.1) is 0 Å². The van der Waals surface area contributed by atoms with Crippen molar-refractivity contribution >= 4 is 28.6 Å². The number of fused-ring (bicyclic) bond motifs is 4. The van der Waals surface area contributed by atoms with Gasteiger partial charge in [-0.25, -0.2) is 0 Å². The standard InChI is InChI=1S/C25H16N4O/c30-25-18-14-8-7-13-17(18)21-24(25)27-23-20(16-11-5-2-6-12-16)29-28-19(22(23)26-21)15-9-3-1-4-10-15/h1-14,22-23H/t22-,23-/m1/s1. The molecule has 0 amide bonds. The lowest BCUT2D eigenvalue weighted by Crippen LogP contribution is -2.45. The monoisotopic (exact) mass is 388 g/mol. The molecule has 30 heavy (non-hydrogen) atoms. The van der Waals surface area contributed by atoms with Crippen molar-refractivity contribution < 1.29 is 4.79 Å². The van der Waals surface area contributed by atoms with Crippen LogP contribution in [0.2, 0.25) is 0 Å². The Balaban J connectivity index is 1.56. The maximum Gasteiger partial charge on any atom is 0.213 e. The molecule has 3 aromatic rings. The molecule has 0 N–H and O–H groups in total. The first-order valence-corrected chi connectivity index (χ1v) is 9.87. The molecule has 5 heteroatoms. The molecule has 0 radical (unpaired) electrons. The van der Waals surface area contributed by atoms with Gasteiger partial charge >= 0.3 is 0 Å². The largest absolute Gasteiger partial charge is 0.287 e. The Labute approximate surface area is 173 Å². The molecule has 0 saturated heterocycles. The zero-order valence-electron chi connectivity index (χ0n) is 15.9. The van der Waals surface area contributed by atoms with E-state index in [1.807, 2.05) is 84.9 Å². The molecule has 1 aliphatic carbocycles. The molecule has 0 bridgehead atoms. The normalized spacial score (nSPS) is 21.5. The summed E-state index contributed by atoms with van der Waals surface area (Å²) in [4.78, 5) is 23.0. The minimum atomic E-state index is -0.392. The number of Topliss-reactive ketones (excluding diaryl/α,β-unsaturated/α-hetero) is 1. The first-order chi connectivity index (χ1) is 14.8. The minimum Gasteiger partial charge on any atom is -0.287 e. The molecule has 3 aromatic carbocycles. The van der Waals surface area contributed by atoms with Crippen LogP contribution in [-0.4, -0.2) is 40.7 Å². The second-order valence-electron chi connectivity index (χ2n) is 7.42. The van der Waals surface area contributed by atoms with E-state index in [2.05, 4.69) is 10.2 Å². The van der Waals surface area contributed by atoms with E-state index in [0.29, 0.717) is 17.0 Å². The van der Waals surface area contributed by atoms with Crippen molar-refractivity contribution in [3.63, 3.8) is 0 Å². The lowest BCUT2D eigenvalue weighted by molar-refractivity contribution is 0.106. The Morgan fingerprint density at radius 1 is 0.533 bits per heavy atom. The van der Waals surface area contributed by atoms with Crippen LogP contribution in [0.4, 0.5) is 0 Å². The summed E-state index contributed by atoms with van der Waals surface area (Å²) in [7, 11) is 0. The zero-order chi connectivity index (χ0) is 20.1. The fourth-order valence-corrected chi connectivity index (χ4v) is 4.24. The van der Waals surface area contributed by atoms with Gasteiger partial charge in [0.05, 0.1) is 17.1 Å². The van der Waals surface area contributed by atoms with Crippen molar-refractivity contribution in [1.29, 1.82) is 0 Å². The summed E-state index contributed by atoms with van der Waals surface area (Å²) >= 11 is 0. The Bertz CT molecular complexity index is 1300. The van der Waals surface area contributed by atoms with Crippen molar-refractivity contribution in [3.05, 3.63) is 107 Å². The number of ketones is 1. The Kier molecular flexibility index (Phi) is 3.68. The third-order valence-electron chi connectivity index (χ3n) is 5.67. The molecule has 2 heterocycles. The second-order valence-corrected chi connectivity index (χ2v) is 7.42. The Morgan fingerprint density at radius 2 is 1.00 bits per heavy atom. The topological polar surface area (TPSA) is 66.5 Å². The molecule has 3 aliphatic rings. The highest BCUT2D eigenvalue weighted by atomic mass is 16.1. The van der Waals surface area contributed by atoms with Crippen LogP contribution in [0.1, 0.15) is 27.0 Å². The molecule has 6 rings (SSSR count). The quantitative estimate of drug-likeness (QED) is 0.659. The maximum absolute atomic E-state index is 13.0. The predicted molar refractivity (Wildman–Crippen MR) is 118 cm³/mol. The van der Waals surface area contributed by atoms with Gasteiger partial charge in [0.2, 0.25) is 5.78 Å². The molecule has 142 valence electrons. The first-order valence-electron chi connectivity index (χ1n) is 9.87. The van der Waals surface area contributed by atoms with Crippen LogP contribution in [-0.2, 0) is 0 Å². The molecule has 0 fully saturated rings. The number of carbonyl (C=O) groups excluding carboxylic acids is 1. The van der Waals surface area contributed by atoms with Crippen LogP contribution >= 0.6 is 0 Å². The van der Waals surface area contributed by atoms with Crippen LogP contribution in [0, 0.1) is 0 Å². The number of nitrogens with zero attached hydrogens (tertiary/aromatic N) is 4. The fourth-order valence-electron chi connectivity index (χ4n) is 4.24. The van der Waals surface area contributed by atoms with E-state index in [4.69, 9.17) is 9.98 Å². The van der Waals surface area contributed by atoms with Crippen LogP contribution in [0.15, 0.2) is 105 Å². The van der Waals surface area contributed by atoms with Crippen molar-refractivity contribution in [2.45, 2.75) is 12.1 Å². The van der Waals surface area contributed by atoms with Gasteiger partial charge in [-0.1, -0.05) is 84.9 Å². The number of hydrogen-bond acceptors (Lipinski definition) is 5. The molecule has 0 spiro atoms. The van der Waals surface area contributed by atoms with E-state index in [0.717, 1.165) is 28.1 Å². The van der Waals surface area contributed by atoms with Crippen molar-refractivity contribution in [2.75, 3.05) is 0 Å². The predicted octanol–water partition coefficient (Wildman–Crippen LogP) is 3.77. The van der Waals surface area contributed by atoms with Gasteiger partial charge in [0.15, 0.2) is 0 Å². The highest BCUT2D eigenvalue weighted by Gasteiger charge is 2.43. The summed E-state index contributed by atoms with van der Waals surface area (Å²) < 4.78 is 0. The highest BCUT2D eigenvalue weighted by Crippen LogP contribution is 2.31. The maximum atomic E-state index is 13.0. The molecular weight excluding hydrogens is 372 g/mol. The van der Waals surface area contributed by atoms with E-state index in [9.17, 15) is 4.79 Å². The molecule has 2 atom stereocenters. The third-order valence-corrected chi connectivity index (χ3v) is 5.67. The summed E-state index contributed by atoms with van der Waals surface area (Å²) in [5, 5.41) is 9.12. The average Bonchev–Trinajstić information content (AvgIpc) is 3.10. The number of rotatable bonds is 2. The first kappa shape index (κ1) is 16.9. The molecule has 5 nitrogen and oxygen atoms in total. The van der Waals surface area contributed by atoms with Gasteiger partial charge < -0.3 is 0 Å². The zero-order valence-corrected chi connectivity index (χ0v) is 15.9. The van der Waals surface area contributed by atoms with Crippen molar-refractivity contribution in [1.82, 2.24) is 0 Å². The van der Waals surface area contributed by atoms with E-state index in [1.165, 1.54) is 0 Å². The van der Waals surface area contributed by atoms with Gasteiger partial charge in [0.25, 0.3) is 0 Å². The number of aliphatic imine (C=N–C) groups is 2. The lowest BCUT2D eigenvalue weighted by atomic mass is 9.89. The van der Waals surface area contributed by atoms with Crippen LogP contribution < -0.4 is 0 Å². The van der Waals surface area contributed by atoms with E-state index in [1.54, 1.807) is 0 Å². The number of hydrogen-bond donors (Lipinski definition) is 0. The Hall–Kier alpha value is -3.99. The number of benzene rings is 3. The Morgan fingerprint density at radius 3 is 1.57 bits per heavy atom. The van der Waals surface area contributed by atoms with Gasteiger partial charge in [-0.2, -0.15) is 10.2 Å². The molecule has 0 saturated carbocycles. The molecule has 0 unspecified atom stereocenters. The average molecular weight is 388 g/mol. The van der Waals surface area contributed by atoms with E-state index < -0.39 is 6.04 Å². The summed E-state index contributed by atoms with van der Waals surface area (Å²) in [6.07, 6.45) is 0. The number of carbonyl (C=O) groups is 1. The van der Waals surface area contributed by atoms with E-state index in [-0.39, 0.29) is 11.8 Å². The summed E-state index contributed by atoms with van der Waals surface area (Å²) in [5.74, 6) is -0.0704. The van der Waals surface area contributed by atoms with Gasteiger partial charge in [-0.3, -0.25) is 14.8 Å². The summed E-state index contributed by atoms with van der Waals surface area (Å²) in [5.41, 5.74) is 6.00. The fraction of sp³-hybridized carbons (Fsp3) is 0.0800. The smallest absolute Gasteiger partial charge is 0.213 e. The summed E-state index contributed by atoms with van der Waals surface area (Å²) in [6, 6.07) is 26.6. The highest BCUT2D eigenvalue weighted by molar-refractivity contribution is 6.78. The lowest BCUT2D eigenvalue weighted by Gasteiger charge is -2.30. The van der Waals surface area contributed by atoms with E-state index >= 15 is 0 Å². The third kappa shape index (κ3) is 2.45. The van der Waals surface area contributed by atoms with Crippen LogP contribution in [0.5, 0.6) is 0 Å². The SMILES string of the molecule is O=C1C2=N[C@@H]3C(c4ccccc4)=NN=C(c4ccccc4)[C@H]3N=C2c2ccccc21. The van der Waals surface area contributed by atoms with Gasteiger partial charge in [0.1, 0.15) is 17.8 Å². The minimum absolute atomic E-state index is 0.0704. The van der Waals surface area contributed by atoms with Crippen molar-refractivity contribution in [3.8, 4) is 0 Å². The second kappa shape index (κ2) is 6.52. The van der Waals surface area contributed by atoms with Gasteiger partial charge in [0, 0.05) is 22.3 Å². The van der Waals surface area contributed by atoms with Gasteiger partial charge in [-0.05, 0) is 0 Å². The molecule has 2 aliphatic heterocycles.